The lowest BCUT2D eigenvalue weighted by atomic mass is 10.1. The molecule has 1 aliphatic rings. The average Bonchev–Trinajstić information content (AvgIpc) is 3.17. The maximum Gasteiger partial charge on any atom is 0.222 e. The van der Waals surface area contributed by atoms with Gasteiger partial charge in [0, 0.05) is 38.5 Å². The van der Waals surface area contributed by atoms with Crippen LogP contribution in [0.5, 0.6) is 0 Å². The largest absolute Gasteiger partial charge is 0.354 e. The third-order valence-electron chi connectivity index (χ3n) is 7.23. The fourth-order valence-electron chi connectivity index (χ4n) is 5.11. The van der Waals surface area contributed by atoms with Crippen LogP contribution < -0.4 is 4.90 Å². The molecule has 4 rings (SSSR count). The third kappa shape index (κ3) is 6.23. The van der Waals surface area contributed by atoms with E-state index in [4.69, 9.17) is 15.1 Å². The van der Waals surface area contributed by atoms with E-state index < -0.39 is 0 Å². The highest BCUT2D eigenvalue weighted by molar-refractivity contribution is 5.88. The van der Waals surface area contributed by atoms with Crippen molar-refractivity contribution in [3.05, 3.63) is 42.4 Å². The van der Waals surface area contributed by atoms with Crippen LogP contribution in [0.3, 0.4) is 0 Å². The smallest absolute Gasteiger partial charge is 0.222 e. The maximum absolute atomic E-state index is 12.9. The minimum absolute atomic E-state index is 0.273. The van der Waals surface area contributed by atoms with E-state index in [0.717, 1.165) is 86.6 Å². The molecule has 1 aliphatic heterocycles. The molecule has 0 bridgehead atoms. The molecule has 194 valence electrons. The highest BCUT2D eigenvalue weighted by Gasteiger charge is 2.24. The number of carbonyl (C=O) groups excluding carboxylic acids is 1. The molecule has 0 N–H and O–H groups in total. The van der Waals surface area contributed by atoms with E-state index in [1.165, 1.54) is 19.3 Å². The molecule has 0 radical (unpaired) electrons. The molecule has 1 aromatic carbocycles. The normalized spacial score (nSPS) is 15.3. The van der Waals surface area contributed by atoms with Gasteiger partial charge in [-0.25, -0.2) is 14.6 Å². The second-order valence-corrected chi connectivity index (χ2v) is 10.1. The standard InChI is InChI=1S/C29H42N6O/c1-4-6-7-8-12-17-26(36)33-18-13-19-34(21-20-33)28-25-22-30-35(24-15-10-9-11-16-24)29(25)32-27(31-28)23(3)14-5-2/h9-11,15-16,22-23H,4-8,12-14,17-21H2,1-3H3/t23-/m1/s1. The van der Waals surface area contributed by atoms with Gasteiger partial charge in [-0.2, -0.15) is 5.10 Å². The summed E-state index contributed by atoms with van der Waals surface area (Å²) in [5, 5.41) is 5.69. The number of unbranched alkanes of at least 4 members (excludes halogenated alkanes) is 4. The van der Waals surface area contributed by atoms with Gasteiger partial charge in [-0.05, 0) is 31.4 Å². The molecule has 0 saturated carbocycles. The summed E-state index contributed by atoms with van der Waals surface area (Å²) < 4.78 is 1.93. The Morgan fingerprint density at radius 1 is 0.944 bits per heavy atom. The summed E-state index contributed by atoms with van der Waals surface area (Å²) in [5.74, 6) is 2.40. The van der Waals surface area contributed by atoms with Gasteiger partial charge in [-0.15, -0.1) is 0 Å². The summed E-state index contributed by atoms with van der Waals surface area (Å²) in [6, 6.07) is 10.2. The number of hydrogen-bond donors (Lipinski definition) is 0. The Bertz CT molecular complexity index is 1110. The molecule has 1 fully saturated rings. The Morgan fingerprint density at radius 2 is 1.75 bits per heavy atom. The van der Waals surface area contributed by atoms with Crippen LogP contribution in [0, 0.1) is 0 Å². The molecule has 2 aromatic heterocycles. The Kier molecular flexibility index (Phi) is 9.31. The molecule has 7 heteroatoms. The topological polar surface area (TPSA) is 67.2 Å². The van der Waals surface area contributed by atoms with Crippen molar-refractivity contribution in [2.45, 2.75) is 84.5 Å². The number of nitrogens with zero attached hydrogens (tertiary/aromatic N) is 6. The van der Waals surface area contributed by atoms with E-state index in [-0.39, 0.29) is 5.92 Å². The number of hydrogen-bond acceptors (Lipinski definition) is 5. The summed E-state index contributed by atoms with van der Waals surface area (Å²) in [6.07, 6.45) is 11.5. The van der Waals surface area contributed by atoms with E-state index in [9.17, 15) is 4.79 Å². The van der Waals surface area contributed by atoms with E-state index in [1.54, 1.807) is 0 Å². The Hall–Kier alpha value is -2.96. The zero-order chi connectivity index (χ0) is 25.3. The van der Waals surface area contributed by atoms with Gasteiger partial charge in [-0.3, -0.25) is 4.79 Å². The molecule has 7 nitrogen and oxygen atoms in total. The first-order valence-corrected chi connectivity index (χ1v) is 14.0. The molecule has 0 spiro atoms. The predicted molar refractivity (Wildman–Crippen MR) is 147 cm³/mol. The number of benzene rings is 1. The predicted octanol–water partition coefficient (Wildman–Crippen LogP) is 6.12. The van der Waals surface area contributed by atoms with Crippen LogP contribution in [0.4, 0.5) is 5.82 Å². The van der Waals surface area contributed by atoms with Crippen LogP contribution in [0.25, 0.3) is 16.7 Å². The van der Waals surface area contributed by atoms with E-state index >= 15 is 0 Å². The molecular formula is C29H42N6O. The molecule has 3 heterocycles. The summed E-state index contributed by atoms with van der Waals surface area (Å²) in [6.45, 7) is 9.86. The zero-order valence-electron chi connectivity index (χ0n) is 22.3. The summed E-state index contributed by atoms with van der Waals surface area (Å²) in [5.41, 5.74) is 1.85. The maximum atomic E-state index is 12.9. The minimum atomic E-state index is 0.273. The Morgan fingerprint density at radius 3 is 2.53 bits per heavy atom. The first-order valence-electron chi connectivity index (χ1n) is 14.0. The van der Waals surface area contributed by atoms with Crippen molar-refractivity contribution in [3.63, 3.8) is 0 Å². The highest BCUT2D eigenvalue weighted by atomic mass is 16.2. The monoisotopic (exact) mass is 490 g/mol. The SMILES string of the molecule is CCCCCCCC(=O)N1CCCN(c2nc([C@H](C)CCC)nc3c2cnn3-c2ccccc2)CC1. The Balaban J connectivity index is 1.56. The van der Waals surface area contributed by atoms with Crippen molar-refractivity contribution in [1.82, 2.24) is 24.6 Å². The first-order chi connectivity index (χ1) is 17.6. The van der Waals surface area contributed by atoms with Crippen molar-refractivity contribution >= 4 is 22.8 Å². The number of para-hydroxylation sites is 1. The van der Waals surface area contributed by atoms with Crippen molar-refractivity contribution in [3.8, 4) is 5.69 Å². The molecule has 0 aliphatic carbocycles. The van der Waals surface area contributed by atoms with E-state index in [2.05, 4.69) is 42.7 Å². The van der Waals surface area contributed by atoms with Crippen molar-refractivity contribution < 1.29 is 4.79 Å². The number of aromatic nitrogens is 4. The van der Waals surface area contributed by atoms with Crippen LogP contribution in [-0.2, 0) is 4.79 Å². The number of rotatable bonds is 11. The average molecular weight is 491 g/mol. The van der Waals surface area contributed by atoms with Crippen molar-refractivity contribution in [2.75, 3.05) is 31.1 Å². The van der Waals surface area contributed by atoms with Gasteiger partial charge in [0.05, 0.1) is 17.3 Å². The van der Waals surface area contributed by atoms with Crippen LogP contribution in [0.2, 0.25) is 0 Å². The Labute approximate surface area is 215 Å². The highest BCUT2D eigenvalue weighted by Crippen LogP contribution is 2.29. The van der Waals surface area contributed by atoms with Gasteiger partial charge in [0.25, 0.3) is 0 Å². The van der Waals surface area contributed by atoms with Gasteiger partial charge in [0.15, 0.2) is 5.65 Å². The van der Waals surface area contributed by atoms with Crippen LogP contribution in [-0.4, -0.2) is 56.7 Å². The lowest BCUT2D eigenvalue weighted by Crippen LogP contribution is -2.35. The second kappa shape index (κ2) is 12.8. The number of fused-ring (bicyclic) bond motifs is 1. The molecule has 1 amide bonds. The van der Waals surface area contributed by atoms with Crippen molar-refractivity contribution in [2.24, 2.45) is 0 Å². The quantitative estimate of drug-likeness (QED) is 0.303. The van der Waals surface area contributed by atoms with Crippen molar-refractivity contribution in [1.29, 1.82) is 0 Å². The number of anilines is 1. The lowest BCUT2D eigenvalue weighted by Gasteiger charge is -2.24. The minimum Gasteiger partial charge on any atom is -0.354 e. The van der Waals surface area contributed by atoms with Gasteiger partial charge in [0.2, 0.25) is 5.91 Å². The van der Waals surface area contributed by atoms with Crippen LogP contribution in [0.1, 0.15) is 90.3 Å². The summed E-state index contributed by atoms with van der Waals surface area (Å²) >= 11 is 0. The van der Waals surface area contributed by atoms with Gasteiger partial charge in [0.1, 0.15) is 11.6 Å². The van der Waals surface area contributed by atoms with E-state index in [1.807, 2.05) is 29.1 Å². The third-order valence-corrected chi connectivity index (χ3v) is 7.23. The van der Waals surface area contributed by atoms with Gasteiger partial charge in [-0.1, -0.05) is 71.1 Å². The fraction of sp³-hybridized carbons (Fsp3) is 0.586. The summed E-state index contributed by atoms with van der Waals surface area (Å²) in [4.78, 5) is 27.4. The van der Waals surface area contributed by atoms with E-state index in [0.29, 0.717) is 12.3 Å². The molecule has 36 heavy (non-hydrogen) atoms. The number of amides is 1. The van der Waals surface area contributed by atoms with Crippen LogP contribution >= 0.6 is 0 Å². The first kappa shape index (κ1) is 26.1. The molecule has 1 atom stereocenters. The summed E-state index contributed by atoms with van der Waals surface area (Å²) in [7, 11) is 0. The van der Waals surface area contributed by atoms with Gasteiger partial charge < -0.3 is 9.80 Å². The molecule has 0 unspecified atom stereocenters. The number of carbonyl (C=O) groups is 1. The van der Waals surface area contributed by atoms with Crippen LogP contribution in [0.15, 0.2) is 36.5 Å². The molecule has 3 aromatic rings. The second-order valence-electron chi connectivity index (χ2n) is 10.1. The van der Waals surface area contributed by atoms with Gasteiger partial charge >= 0.3 is 0 Å². The fourth-order valence-corrected chi connectivity index (χ4v) is 5.11. The lowest BCUT2D eigenvalue weighted by molar-refractivity contribution is -0.131. The zero-order valence-corrected chi connectivity index (χ0v) is 22.3. The molecule has 1 saturated heterocycles. The molecular weight excluding hydrogens is 448 g/mol.